The lowest BCUT2D eigenvalue weighted by Gasteiger charge is -2.26. The van der Waals surface area contributed by atoms with Gasteiger partial charge in [0, 0.05) is 43.5 Å². The topological polar surface area (TPSA) is 41.4 Å². The molecule has 0 bridgehead atoms. The molecular weight excluding hydrogens is 348 g/mol. The van der Waals surface area contributed by atoms with E-state index in [2.05, 4.69) is 34.4 Å². The minimum atomic E-state index is 0.0920. The second-order valence-corrected chi connectivity index (χ2v) is 7.98. The van der Waals surface area contributed by atoms with Gasteiger partial charge in [0.1, 0.15) is 5.82 Å². The third kappa shape index (κ3) is 3.31. The lowest BCUT2D eigenvalue weighted by atomic mass is 10.1. The summed E-state index contributed by atoms with van der Waals surface area (Å²) in [7, 11) is 1.93. The molecule has 1 saturated heterocycles. The van der Waals surface area contributed by atoms with Crippen molar-refractivity contribution in [2.24, 2.45) is 0 Å². The zero-order valence-corrected chi connectivity index (χ0v) is 17.1. The van der Waals surface area contributed by atoms with E-state index in [0.717, 1.165) is 47.6 Å². The van der Waals surface area contributed by atoms with Crippen molar-refractivity contribution in [2.75, 3.05) is 20.1 Å². The fourth-order valence-electron chi connectivity index (χ4n) is 4.15. The molecule has 3 aromatic rings. The number of rotatable bonds is 4. The van der Waals surface area contributed by atoms with Gasteiger partial charge in [0.15, 0.2) is 0 Å². The Balaban J connectivity index is 1.54. The van der Waals surface area contributed by atoms with E-state index in [0.29, 0.717) is 6.04 Å². The Kier molecular flexibility index (Phi) is 4.94. The van der Waals surface area contributed by atoms with E-state index in [9.17, 15) is 4.79 Å². The van der Waals surface area contributed by atoms with E-state index in [4.69, 9.17) is 0 Å². The average Bonchev–Trinajstić information content (AvgIpc) is 3.31. The van der Waals surface area contributed by atoms with Crippen molar-refractivity contribution in [3.8, 4) is 5.69 Å². The van der Waals surface area contributed by atoms with Crippen LogP contribution in [-0.2, 0) is 0 Å². The van der Waals surface area contributed by atoms with Gasteiger partial charge in [-0.15, -0.1) is 0 Å². The first kappa shape index (κ1) is 18.7. The summed E-state index contributed by atoms with van der Waals surface area (Å²) in [4.78, 5) is 22.0. The molecule has 2 heterocycles. The van der Waals surface area contributed by atoms with Crippen LogP contribution >= 0.6 is 0 Å². The van der Waals surface area contributed by atoms with E-state index < -0.39 is 0 Å². The highest BCUT2D eigenvalue weighted by molar-refractivity contribution is 5.94. The number of aromatic nitrogens is 2. The summed E-state index contributed by atoms with van der Waals surface area (Å²) in [6, 6.07) is 16.8. The number of carbonyl (C=O) groups is 1. The summed E-state index contributed by atoms with van der Waals surface area (Å²) in [5.74, 6) is 1.03. The van der Waals surface area contributed by atoms with Crippen LogP contribution in [0.15, 0.2) is 48.5 Å². The minimum absolute atomic E-state index is 0.0920. The molecule has 0 spiro atoms. The second-order valence-electron chi connectivity index (χ2n) is 7.98. The molecule has 146 valence electrons. The molecule has 0 radical (unpaired) electrons. The third-order valence-electron chi connectivity index (χ3n) is 5.89. The molecule has 1 fully saturated rings. The summed E-state index contributed by atoms with van der Waals surface area (Å²) in [6.07, 6.45) is 1.04. The molecule has 0 unspecified atom stereocenters. The normalized spacial score (nSPS) is 17.5. The molecule has 2 aromatic carbocycles. The van der Waals surface area contributed by atoms with Gasteiger partial charge < -0.3 is 4.90 Å². The number of benzene rings is 2. The molecule has 1 aromatic heterocycles. The Labute approximate surface area is 166 Å². The number of hydrogen-bond donors (Lipinski definition) is 0. The summed E-state index contributed by atoms with van der Waals surface area (Å²) in [5, 5.41) is 0. The van der Waals surface area contributed by atoms with Crippen molar-refractivity contribution in [1.82, 2.24) is 19.4 Å². The zero-order chi connectivity index (χ0) is 19.8. The highest BCUT2D eigenvalue weighted by Gasteiger charge is 2.29. The van der Waals surface area contributed by atoms with E-state index >= 15 is 0 Å². The van der Waals surface area contributed by atoms with Crippen LogP contribution < -0.4 is 0 Å². The first-order valence-electron chi connectivity index (χ1n) is 10.0. The van der Waals surface area contributed by atoms with Crippen LogP contribution in [-0.4, -0.2) is 57.5 Å². The molecule has 5 heteroatoms. The molecule has 1 aliphatic heterocycles. The van der Waals surface area contributed by atoms with Crippen LogP contribution in [0.1, 0.15) is 36.5 Å². The van der Waals surface area contributed by atoms with Crippen molar-refractivity contribution < 1.29 is 4.79 Å². The van der Waals surface area contributed by atoms with E-state index in [1.54, 1.807) is 0 Å². The maximum Gasteiger partial charge on any atom is 0.253 e. The molecule has 0 aliphatic carbocycles. The lowest BCUT2D eigenvalue weighted by Crippen LogP contribution is -2.40. The number of likely N-dealkylation sites (N-methyl/N-ethyl adjacent to an activating group) is 1. The van der Waals surface area contributed by atoms with Crippen LogP contribution in [0.25, 0.3) is 16.7 Å². The molecule has 4 rings (SSSR count). The molecular formula is C23H28N4O. The van der Waals surface area contributed by atoms with Gasteiger partial charge in [-0.2, -0.15) is 0 Å². The average molecular weight is 377 g/mol. The summed E-state index contributed by atoms with van der Waals surface area (Å²) < 4.78 is 2.13. The molecule has 1 aliphatic rings. The number of nitrogens with zero attached hydrogens (tertiary/aromatic N) is 4. The number of aryl methyl sites for hydroxylation is 1. The van der Waals surface area contributed by atoms with Crippen molar-refractivity contribution in [3.63, 3.8) is 0 Å². The number of para-hydroxylation sites is 2. The fourth-order valence-corrected chi connectivity index (χ4v) is 4.15. The van der Waals surface area contributed by atoms with Crippen LogP contribution in [0.4, 0.5) is 0 Å². The molecule has 1 amide bonds. The van der Waals surface area contributed by atoms with Gasteiger partial charge in [-0.05, 0) is 63.6 Å². The Bertz CT molecular complexity index is 990. The maximum absolute atomic E-state index is 13.0. The van der Waals surface area contributed by atoms with Crippen LogP contribution in [0.2, 0.25) is 0 Å². The van der Waals surface area contributed by atoms with Gasteiger partial charge in [-0.25, -0.2) is 4.98 Å². The largest absolute Gasteiger partial charge is 0.337 e. The van der Waals surface area contributed by atoms with E-state index in [1.165, 1.54) is 0 Å². The third-order valence-corrected chi connectivity index (χ3v) is 5.89. The monoisotopic (exact) mass is 376 g/mol. The van der Waals surface area contributed by atoms with Gasteiger partial charge in [0.2, 0.25) is 0 Å². The van der Waals surface area contributed by atoms with Gasteiger partial charge in [-0.3, -0.25) is 14.3 Å². The molecule has 1 atom stereocenters. The van der Waals surface area contributed by atoms with Crippen molar-refractivity contribution in [3.05, 3.63) is 59.9 Å². The van der Waals surface area contributed by atoms with Crippen LogP contribution in [0, 0.1) is 6.92 Å². The first-order valence-corrected chi connectivity index (χ1v) is 10.0. The van der Waals surface area contributed by atoms with Crippen molar-refractivity contribution in [1.29, 1.82) is 0 Å². The van der Waals surface area contributed by atoms with Gasteiger partial charge >= 0.3 is 0 Å². The maximum atomic E-state index is 13.0. The smallest absolute Gasteiger partial charge is 0.253 e. The molecule has 0 saturated carbocycles. The second kappa shape index (κ2) is 7.40. The predicted octanol–water partition coefficient (Wildman–Crippen LogP) is 3.89. The highest BCUT2D eigenvalue weighted by Crippen LogP contribution is 2.23. The summed E-state index contributed by atoms with van der Waals surface area (Å²) in [5.41, 5.74) is 3.82. The van der Waals surface area contributed by atoms with Crippen molar-refractivity contribution >= 4 is 16.9 Å². The number of hydrogen-bond acceptors (Lipinski definition) is 3. The SMILES string of the molecule is Cc1nc2ccccc2n1-c1ccc(C(=O)N(C)[C@H]2CCN(C(C)C)C2)cc1. The Hall–Kier alpha value is -2.66. The number of likely N-dealkylation sites (tertiary alicyclic amines) is 1. The first-order chi connectivity index (χ1) is 13.5. The van der Waals surface area contributed by atoms with E-state index in [-0.39, 0.29) is 11.9 Å². The van der Waals surface area contributed by atoms with Gasteiger partial charge in [-0.1, -0.05) is 12.1 Å². The Morgan fingerprint density at radius 1 is 1.14 bits per heavy atom. The van der Waals surface area contributed by atoms with Gasteiger partial charge in [0.05, 0.1) is 11.0 Å². The minimum Gasteiger partial charge on any atom is -0.337 e. The Morgan fingerprint density at radius 3 is 2.54 bits per heavy atom. The summed E-state index contributed by atoms with van der Waals surface area (Å²) in [6.45, 7) is 8.45. The molecule has 28 heavy (non-hydrogen) atoms. The number of carbonyl (C=O) groups excluding carboxylic acids is 1. The predicted molar refractivity (Wildman–Crippen MR) is 113 cm³/mol. The molecule has 0 N–H and O–H groups in total. The zero-order valence-electron chi connectivity index (χ0n) is 17.1. The van der Waals surface area contributed by atoms with Crippen molar-refractivity contribution in [2.45, 2.75) is 39.3 Å². The Morgan fingerprint density at radius 2 is 1.86 bits per heavy atom. The van der Waals surface area contributed by atoms with Crippen LogP contribution in [0.3, 0.4) is 0 Å². The number of amides is 1. The summed E-state index contributed by atoms with van der Waals surface area (Å²) >= 11 is 0. The number of fused-ring (bicyclic) bond motifs is 1. The highest BCUT2D eigenvalue weighted by atomic mass is 16.2. The lowest BCUT2D eigenvalue weighted by molar-refractivity contribution is 0.0732. The quantitative estimate of drug-likeness (QED) is 0.694. The number of imidazole rings is 1. The standard InChI is InChI=1S/C23H28N4O/c1-16(2)26-14-13-20(15-26)25(4)23(28)18-9-11-19(12-10-18)27-17(3)24-21-7-5-6-8-22(21)27/h5-12,16,20H,13-15H2,1-4H3/t20-/m0/s1. The van der Waals surface area contributed by atoms with Gasteiger partial charge in [0.25, 0.3) is 5.91 Å². The van der Waals surface area contributed by atoms with Crippen LogP contribution in [0.5, 0.6) is 0 Å². The van der Waals surface area contributed by atoms with E-state index in [1.807, 2.05) is 61.3 Å². The molecule has 5 nitrogen and oxygen atoms in total. The fraction of sp³-hybridized carbons (Fsp3) is 0.391.